The average Bonchev–Trinajstić information content (AvgIpc) is 1.88. The van der Waals surface area contributed by atoms with Crippen molar-refractivity contribution < 1.29 is 4.79 Å². The standard InChI is InChI=1S/C9H14O/c1-7-5-3-4-6-9(7)8(2)10/h3,5,7,9H,4,6H2,1-2H3/t7-,9+/m1/s1. The zero-order chi connectivity index (χ0) is 7.56. The molecule has 0 heterocycles. The normalized spacial score (nSPS) is 32.2. The third-order valence-corrected chi connectivity index (χ3v) is 2.24. The third-order valence-electron chi connectivity index (χ3n) is 2.24. The van der Waals surface area contributed by atoms with E-state index in [1.165, 1.54) is 0 Å². The second-order valence-corrected chi connectivity index (χ2v) is 3.08. The first kappa shape index (κ1) is 7.52. The smallest absolute Gasteiger partial charge is 0.133 e. The number of rotatable bonds is 1. The van der Waals surface area contributed by atoms with Crippen LogP contribution in [0, 0.1) is 11.8 Å². The quantitative estimate of drug-likeness (QED) is 0.507. The fourth-order valence-corrected chi connectivity index (χ4v) is 1.56. The van der Waals surface area contributed by atoms with Crippen LogP contribution < -0.4 is 0 Å². The first-order chi connectivity index (χ1) is 4.72. The molecule has 0 unspecified atom stereocenters. The molecule has 0 aromatic heterocycles. The van der Waals surface area contributed by atoms with Gasteiger partial charge in [0, 0.05) is 5.92 Å². The largest absolute Gasteiger partial charge is 0.300 e. The molecule has 0 spiro atoms. The molecule has 56 valence electrons. The van der Waals surface area contributed by atoms with Gasteiger partial charge in [0.25, 0.3) is 0 Å². The van der Waals surface area contributed by atoms with Crippen LogP contribution in [0.15, 0.2) is 12.2 Å². The van der Waals surface area contributed by atoms with Gasteiger partial charge in [-0.1, -0.05) is 19.1 Å². The summed E-state index contributed by atoms with van der Waals surface area (Å²) in [4.78, 5) is 11.0. The summed E-state index contributed by atoms with van der Waals surface area (Å²) in [5.41, 5.74) is 0. The van der Waals surface area contributed by atoms with Gasteiger partial charge in [0.15, 0.2) is 0 Å². The van der Waals surface area contributed by atoms with Gasteiger partial charge in [-0.15, -0.1) is 0 Å². The minimum absolute atomic E-state index is 0.296. The number of hydrogen-bond acceptors (Lipinski definition) is 1. The van der Waals surface area contributed by atoms with E-state index in [9.17, 15) is 4.79 Å². The molecule has 0 bridgehead atoms. The Morgan fingerprint density at radius 3 is 2.70 bits per heavy atom. The molecule has 0 aromatic carbocycles. The van der Waals surface area contributed by atoms with Crippen molar-refractivity contribution in [3.8, 4) is 0 Å². The highest BCUT2D eigenvalue weighted by Gasteiger charge is 2.20. The zero-order valence-corrected chi connectivity index (χ0v) is 6.63. The van der Waals surface area contributed by atoms with E-state index < -0.39 is 0 Å². The number of carbonyl (C=O) groups is 1. The topological polar surface area (TPSA) is 17.1 Å². The zero-order valence-electron chi connectivity index (χ0n) is 6.63. The lowest BCUT2D eigenvalue weighted by atomic mass is 9.83. The second kappa shape index (κ2) is 3.00. The Morgan fingerprint density at radius 2 is 2.30 bits per heavy atom. The predicted octanol–water partition coefficient (Wildman–Crippen LogP) is 2.18. The Kier molecular flexibility index (Phi) is 2.25. The Bertz CT molecular complexity index is 158. The van der Waals surface area contributed by atoms with Gasteiger partial charge in [-0.2, -0.15) is 0 Å². The van der Waals surface area contributed by atoms with Gasteiger partial charge in [0.05, 0.1) is 0 Å². The van der Waals surface area contributed by atoms with Crippen molar-refractivity contribution in [3.63, 3.8) is 0 Å². The Labute approximate surface area is 62.1 Å². The van der Waals surface area contributed by atoms with Crippen LogP contribution in [0.25, 0.3) is 0 Å². The van der Waals surface area contributed by atoms with Gasteiger partial charge in [0.1, 0.15) is 5.78 Å². The molecule has 0 fully saturated rings. The third kappa shape index (κ3) is 1.47. The van der Waals surface area contributed by atoms with Gasteiger partial charge in [-0.05, 0) is 25.7 Å². The van der Waals surface area contributed by atoms with Crippen molar-refractivity contribution in [1.82, 2.24) is 0 Å². The molecule has 1 aliphatic rings. The molecule has 10 heavy (non-hydrogen) atoms. The van der Waals surface area contributed by atoms with Crippen molar-refractivity contribution in [1.29, 1.82) is 0 Å². The maximum absolute atomic E-state index is 11.0. The van der Waals surface area contributed by atoms with Crippen LogP contribution in [0.4, 0.5) is 0 Å². The molecule has 0 N–H and O–H groups in total. The minimum atomic E-state index is 0.296. The predicted molar refractivity (Wildman–Crippen MR) is 41.7 cm³/mol. The van der Waals surface area contributed by atoms with Gasteiger partial charge >= 0.3 is 0 Å². The number of hydrogen-bond donors (Lipinski definition) is 0. The highest BCUT2D eigenvalue weighted by molar-refractivity contribution is 5.78. The van der Waals surface area contributed by atoms with E-state index in [1.54, 1.807) is 6.92 Å². The summed E-state index contributed by atoms with van der Waals surface area (Å²) in [6.07, 6.45) is 6.45. The Morgan fingerprint density at radius 1 is 1.60 bits per heavy atom. The van der Waals surface area contributed by atoms with Crippen LogP contribution >= 0.6 is 0 Å². The SMILES string of the molecule is CC(=O)[C@H]1CCC=C[C@H]1C. The van der Waals surface area contributed by atoms with Crippen molar-refractivity contribution in [3.05, 3.63) is 12.2 Å². The van der Waals surface area contributed by atoms with Gasteiger partial charge in [-0.3, -0.25) is 4.79 Å². The summed E-state index contributed by atoms with van der Waals surface area (Å²) in [6.45, 7) is 3.81. The molecule has 0 aliphatic heterocycles. The molecule has 0 amide bonds. The Balaban J connectivity index is 2.60. The maximum atomic E-state index is 11.0. The molecule has 0 radical (unpaired) electrons. The molecule has 2 atom stereocenters. The molecule has 1 aliphatic carbocycles. The molecular formula is C9H14O. The summed E-state index contributed by atoms with van der Waals surface area (Å²) in [5.74, 6) is 1.10. The lowest BCUT2D eigenvalue weighted by molar-refractivity contribution is -0.122. The monoisotopic (exact) mass is 138 g/mol. The molecule has 0 saturated heterocycles. The van der Waals surface area contributed by atoms with E-state index >= 15 is 0 Å². The van der Waals surface area contributed by atoms with E-state index in [2.05, 4.69) is 19.1 Å². The van der Waals surface area contributed by atoms with Gasteiger partial charge in [-0.25, -0.2) is 0 Å². The summed E-state index contributed by atoms with van der Waals surface area (Å²) < 4.78 is 0. The van der Waals surface area contributed by atoms with Crippen LogP contribution in [0.5, 0.6) is 0 Å². The number of ketones is 1. The average molecular weight is 138 g/mol. The van der Waals surface area contributed by atoms with Gasteiger partial charge < -0.3 is 0 Å². The minimum Gasteiger partial charge on any atom is -0.300 e. The highest BCUT2D eigenvalue weighted by atomic mass is 16.1. The molecule has 1 rings (SSSR count). The van der Waals surface area contributed by atoms with E-state index in [-0.39, 0.29) is 0 Å². The van der Waals surface area contributed by atoms with Crippen molar-refractivity contribution >= 4 is 5.78 Å². The fourth-order valence-electron chi connectivity index (χ4n) is 1.56. The first-order valence-electron chi connectivity index (χ1n) is 3.89. The van der Waals surface area contributed by atoms with Crippen LogP contribution in [-0.2, 0) is 4.79 Å². The fraction of sp³-hybridized carbons (Fsp3) is 0.667. The summed E-state index contributed by atoms with van der Waals surface area (Å²) in [5, 5.41) is 0. The van der Waals surface area contributed by atoms with Crippen molar-refractivity contribution in [2.24, 2.45) is 11.8 Å². The van der Waals surface area contributed by atoms with E-state index in [0.717, 1.165) is 12.8 Å². The number of Topliss-reactive ketones (excluding diaryl/α,β-unsaturated/α-hetero) is 1. The van der Waals surface area contributed by atoms with Gasteiger partial charge in [0.2, 0.25) is 0 Å². The highest BCUT2D eigenvalue weighted by Crippen LogP contribution is 2.24. The lowest BCUT2D eigenvalue weighted by Gasteiger charge is -2.21. The summed E-state index contributed by atoms with van der Waals surface area (Å²) in [6, 6.07) is 0. The molecule has 0 saturated carbocycles. The maximum Gasteiger partial charge on any atom is 0.133 e. The number of carbonyl (C=O) groups excluding carboxylic acids is 1. The van der Waals surface area contributed by atoms with E-state index in [0.29, 0.717) is 17.6 Å². The van der Waals surface area contributed by atoms with E-state index in [1.807, 2.05) is 0 Å². The Hall–Kier alpha value is -0.590. The summed E-state index contributed by atoms with van der Waals surface area (Å²) >= 11 is 0. The molecular weight excluding hydrogens is 124 g/mol. The number of allylic oxidation sites excluding steroid dienone is 2. The van der Waals surface area contributed by atoms with Crippen LogP contribution in [-0.4, -0.2) is 5.78 Å². The lowest BCUT2D eigenvalue weighted by Crippen LogP contribution is -2.20. The summed E-state index contributed by atoms with van der Waals surface area (Å²) in [7, 11) is 0. The van der Waals surface area contributed by atoms with Crippen LogP contribution in [0.1, 0.15) is 26.7 Å². The van der Waals surface area contributed by atoms with Crippen molar-refractivity contribution in [2.45, 2.75) is 26.7 Å². The van der Waals surface area contributed by atoms with Crippen LogP contribution in [0.2, 0.25) is 0 Å². The second-order valence-electron chi connectivity index (χ2n) is 3.08. The van der Waals surface area contributed by atoms with Crippen molar-refractivity contribution in [2.75, 3.05) is 0 Å². The molecule has 1 nitrogen and oxygen atoms in total. The van der Waals surface area contributed by atoms with E-state index in [4.69, 9.17) is 0 Å². The molecule has 1 heteroatoms. The molecule has 0 aromatic rings. The van der Waals surface area contributed by atoms with Crippen LogP contribution in [0.3, 0.4) is 0 Å². The first-order valence-corrected chi connectivity index (χ1v) is 3.89.